The smallest absolute Gasteiger partial charge is 0.0297 e. The third-order valence-corrected chi connectivity index (χ3v) is 10.1. The van der Waals surface area contributed by atoms with Gasteiger partial charge in [0.05, 0.1) is 0 Å². The Morgan fingerprint density at radius 1 is 0.600 bits per heavy atom. The van der Waals surface area contributed by atoms with E-state index in [1.807, 2.05) is 0 Å². The highest BCUT2D eigenvalue weighted by molar-refractivity contribution is 4.95. The topological polar surface area (TPSA) is 0 Å². The molecule has 4 saturated carbocycles. The molecule has 7 atom stereocenters. The highest BCUT2D eigenvalue weighted by Crippen LogP contribution is 2.54. The molecule has 144 valence electrons. The molecule has 0 amide bonds. The first-order chi connectivity index (χ1) is 12.1. The van der Waals surface area contributed by atoms with E-state index in [9.17, 15) is 0 Å². The molecule has 4 rings (SSSR count). The van der Waals surface area contributed by atoms with Gasteiger partial charge in [0.25, 0.3) is 0 Å². The summed E-state index contributed by atoms with van der Waals surface area (Å²) in [5.41, 5.74) is 0.564. The first kappa shape index (κ1) is 18.4. The molecule has 0 saturated heterocycles. The highest BCUT2D eigenvalue weighted by Gasteiger charge is 2.45. The van der Waals surface area contributed by atoms with Crippen LogP contribution in [0.3, 0.4) is 0 Å². The largest absolute Gasteiger partial charge is 0.0617 e. The summed E-state index contributed by atoms with van der Waals surface area (Å²) >= 11 is 0. The maximum absolute atomic E-state index is 2.67. The van der Waals surface area contributed by atoms with E-state index >= 15 is 0 Å². The molecule has 0 nitrogen and oxygen atoms in total. The molecule has 0 heterocycles. The van der Waals surface area contributed by atoms with Crippen LogP contribution >= 0.6 is 0 Å². The Labute approximate surface area is 157 Å². The number of fused-ring (bicyclic) bond motifs is 2. The van der Waals surface area contributed by atoms with Crippen molar-refractivity contribution in [1.82, 2.24) is 0 Å². The lowest BCUT2D eigenvalue weighted by Crippen LogP contribution is -2.42. The molecule has 4 fully saturated rings. The van der Waals surface area contributed by atoms with Gasteiger partial charge in [-0.3, -0.25) is 0 Å². The molecule has 0 bridgehead atoms. The van der Waals surface area contributed by atoms with Gasteiger partial charge in [0.15, 0.2) is 0 Å². The second-order valence-corrected chi connectivity index (χ2v) is 11.3. The van der Waals surface area contributed by atoms with Crippen LogP contribution in [0.15, 0.2) is 0 Å². The lowest BCUT2D eigenvalue weighted by Gasteiger charge is -2.51. The molecule has 4 aliphatic carbocycles. The molecule has 0 N–H and O–H groups in total. The van der Waals surface area contributed by atoms with Crippen molar-refractivity contribution in [3.63, 3.8) is 0 Å². The molecule has 25 heavy (non-hydrogen) atoms. The van der Waals surface area contributed by atoms with Gasteiger partial charge in [-0.1, -0.05) is 72.1 Å². The predicted octanol–water partition coefficient (Wildman–Crippen LogP) is 7.86. The molecule has 0 aromatic rings. The summed E-state index contributed by atoms with van der Waals surface area (Å²) in [5, 5.41) is 0. The summed E-state index contributed by atoms with van der Waals surface area (Å²) in [4.78, 5) is 0. The summed E-state index contributed by atoms with van der Waals surface area (Å²) in [6.45, 7) is 7.98. The van der Waals surface area contributed by atoms with Crippen LogP contribution in [0.2, 0.25) is 0 Å². The molecule has 7 unspecified atom stereocenters. The number of rotatable bonds is 3. The predicted molar refractivity (Wildman–Crippen MR) is 109 cm³/mol. The molecule has 0 heteroatoms. The highest BCUT2D eigenvalue weighted by atomic mass is 14.5. The zero-order valence-electron chi connectivity index (χ0n) is 17.4. The third kappa shape index (κ3) is 3.70. The van der Waals surface area contributed by atoms with Gasteiger partial charge in [0.2, 0.25) is 0 Å². The zero-order valence-corrected chi connectivity index (χ0v) is 17.4. The quantitative estimate of drug-likeness (QED) is 0.488. The minimum Gasteiger partial charge on any atom is -0.0617 e. The van der Waals surface area contributed by atoms with Crippen LogP contribution in [0.1, 0.15) is 111 Å². The van der Waals surface area contributed by atoms with Crippen LogP contribution in [0.4, 0.5) is 0 Å². The van der Waals surface area contributed by atoms with Crippen molar-refractivity contribution < 1.29 is 0 Å². The van der Waals surface area contributed by atoms with Gasteiger partial charge < -0.3 is 0 Å². The van der Waals surface area contributed by atoms with E-state index in [1.165, 1.54) is 32.1 Å². The van der Waals surface area contributed by atoms with E-state index in [4.69, 9.17) is 0 Å². The summed E-state index contributed by atoms with van der Waals surface area (Å²) in [7, 11) is 0. The summed E-state index contributed by atoms with van der Waals surface area (Å²) in [6.07, 6.45) is 21.7. The molecule has 0 aliphatic heterocycles. The molecule has 0 spiro atoms. The Morgan fingerprint density at radius 2 is 1.12 bits per heavy atom. The molecular weight excluding hydrogens is 300 g/mol. The van der Waals surface area contributed by atoms with Crippen molar-refractivity contribution in [3.05, 3.63) is 0 Å². The van der Waals surface area contributed by atoms with Gasteiger partial charge >= 0.3 is 0 Å². The van der Waals surface area contributed by atoms with Crippen molar-refractivity contribution >= 4 is 0 Å². The van der Waals surface area contributed by atoms with Gasteiger partial charge in [-0.05, 0) is 85.4 Å². The summed E-state index contributed by atoms with van der Waals surface area (Å²) in [5.74, 6) is 7.37. The van der Waals surface area contributed by atoms with Gasteiger partial charge in [-0.15, -0.1) is 0 Å². The van der Waals surface area contributed by atoms with Crippen molar-refractivity contribution in [2.45, 2.75) is 111 Å². The van der Waals surface area contributed by atoms with Crippen LogP contribution in [0.25, 0.3) is 0 Å². The average Bonchev–Trinajstić information content (AvgIpc) is 2.66. The van der Waals surface area contributed by atoms with E-state index < -0.39 is 0 Å². The minimum atomic E-state index is 0.564. The fourth-order valence-electron chi connectivity index (χ4n) is 7.89. The standard InChI is InChI=1S/C25H44/c1-18(21-13-12-19-8-4-6-10-22(19)16-21)25(2,3)24-15-14-20-9-5-7-11-23(20)17-24/h18-24H,4-17H2,1-3H3. The molecule has 0 aromatic heterocycles. The Balaban J connectivity index is 1.39. The van der Waals surface area contributed by atoms with Crippen LogP contribution in [0, 0.1) is 46.8 Å². The second kappa shape index (κ2) is 7.55. The monoisotopic (exact) mass is 344 g/mol. The molecule has 0 radical (unpaired) electrons. The van der Waals surface area contributed by atoms with Crippen molar-refractivity contribution in [2.24, 2.45) is 46.8 Å². The third-order valence-electron chi connectivity index (χ3n) is 10.1. The van der Waals surface area contributed by atoms with E-state index in [1.54, 1.807) is 57.8 Å². The van der Waals surface area contributed by atoms with Gasteiger partial charge in [0.1, 0.15) is 0 Å². The van der Waals surface area contributed by atoms with E-state index in [2.05, 4.69) is 20.8 Å². The Morgan fingerprint density at radius 3 is 1.76 bits per heavy atom. The van der Waals surface area contributed by atoms with Crippen molar-refractivity contribution in [2.75, 3.05) is 0 Å². The van der Waals surface area contributed by atoms with Gasteiger partial charge in [0, 0.05) is 0 Å². The van der Waals surface area contributed by atoms with Crippen LogP contribution in [0.5, 0.6) is 0 Å². The lowest BCUT2D eigenvalue weighted by atomic mass is 9.54. The van der Waals surface area contributed by atoms with Crippen molar-refractivity contribution in [3.8, 4) is 0 Å². The van der Waals surface area contributed by atoms with Crippen LogP contribution in [-0.2, 0) is 0 Å². The molecule has 4 aliphatic rings. The van der Waals surface area contributed by atoms with Crippen LogP contribution in [-0.4, -0.2) is 0 Å². The Hall–Kier alpha value is 0. The number of hydrogen-bond acceptors (Lipinski definition) is 0. The Bertz CT molecular complexity index is 435. The second-order valence-electron chi connectivity index (χ2n) is 11.3. The maximum Gasteiger partial charge on any atom is -0.0297 e. The maximum atomic E-state index is 2.67. The summed E-state index contributed by atoms with van der Waals surface area (Å²) < 4.78 is 0. The van der Waals surface area contributed by atoms with E-state index in [0.29, 0.717) is 5.41 Å². The zero-order chi connectivity index (χ0) is 17.4. The first-order valence-corrected chi connectivity index (χ1v) is 12.1. The first-order valence-electron chi connectivity index (χ1n) is 12.1. The normalized spacial score (nSPS) is 43.8. The Kier molecular flexibility index (Phi) is 5.55. The average molecular weight is 345 g/mol. The molecule has 0 aromatic carbocycles. The van der Waals surface area contributed by atoms with Crippen molar-refractivity contribution in [1.29, 1.82) is 0 Å². The van der Waals surface area contributed by atoms with E-state index in [-0.39, 0.29) is 0 Å². The van der Waals surface area contributed by atoms with E-state index in [0.717, 1.165) is 41.4 Å². The molecular formula is C25H44. The minimum absolute atomic E-state index is 0.564. The van der Waals surface area contributed by atoms with Gasteiger partial charge in [-0.25, -0.2) is 0 Å². The lowest BCUT2D eigenvalue weighted by molar-refractivity contribution is -0.0106. The van der Waals surface area contributed by atoms with Crippen LogP contribution < -0.4 is 0 Å². The van der Waals surface area contributed by atoms with Gasteiger partial charge in [-0.2, -0.15) is 0 Å². The number of hydrogen-bond donors (Lipinski definition) is 0. The fraction of sp³-hybridized carbons (Fsp3) is 1.00. The summed E-state index contributed by atoms with van der Waals surface area (Å²) in [6, 6.07) is 0. The SMILES string of the molecule is CC(C1CCC2CCCCC2C1)C(C)(C)C1CCC2CCCCC2C1. The fourth-order valence-corrected chi connectivity index (χ4v) is 7.89.